The second kappa shape index (κ2) is 11.3. The number of nitriles is 1. The van der Waals surface area contributed by atoms with Gasteiger partial charge in [-0.05, 0) is 30.7 Å². The number of carbonyl (C=O) groups excluding carboxylic acids is 1. The largest absolute Gasteiger partial charge is 0.460 e. The van der Waals surface area contributed by atoms with Crippen molar-refractivity contribution in [1.82, 2.24) is 0 Å². The number of unbranched alkanes of at least 4 members (excludes halogenated alkanes) is 1. The number of benzene rings is 1. The highest BCUT2D eigenvalue weighted by molar-refractivity contribution is 8.14. The number of aliphatic imine (C=N–C) groups is 1. The number of thioether (sulfide) groups is 1. The van der Waals surface area contributed by atoms with E-state index in [0.29, 0.717) is 22.9 Å². The van der Waals surface area contributed by atoms with Crippen molar-refractivity contribution in [3.05, 3.63) is 46.1 Å². The normalized spacial score (nSPS) is 19.2. The second-order valence-corrected chi connectivity index (χ2v) is 7.91. The fourth-order valence-corrected chi connectivity index (χ4v) is 4.50. The molecule has 1 aliphatic rings. The first-order valence-electron chi connectivity index (χ1n) is 9.27. The van der Waals surface area contributed by atoms with Crippen molar-refractivity contribution in [2.24, 2.45) is 10.9 Å². The highest BCUT2D eigenvalue weighted by atomic mass is 35.5. The molecule has 28 heavy (non-hydrogen) atoms. The van der Waals surface area contributed by atoms with Gasteiger partial charge in [-0.25, -0.2) is 9.79 Å². The fraction of sp³-hybridized carbons (Fsp3) is 0.476. The molecular weight excluding hydrogens is 396 g/mol. The van der Waals surface area contributed by atoms with Crippen LogP contribution in [0.5, 0.6) is 0 Å². The lowest BCUT2D eigenvalue weighted by Gasteiger charge is -2.30. The Balaban J connectivity index is 2.48. The van der Waals surface area contributed by atoms with Gasteiger partial charge in [-0.15, -0.1) is 11.8 Å². The predicted octanol–water partition coefficient (Wildman–Crippen LogP) is 4.97. The summed E-state index contributed by atoms with van der Waals surface area (Å²) in [6.07, 6.45) is 2.10. The fourth-order valence-electron chi connectivity index (χ4n) is 3.03. The van der Waals surface area contributed by atoms with Gasteiger partial charge in [0.05, 0.1) is 23.3 Å². The summed E-state index contributed by atoms with van der Waals surface area (Å²) in [5.41, 5.74) is 1.69. The Bertz CT molecular complexity index is 801. The lowest BCUT2D eigenvalue weighted by molar-refractivity contribution is -0.140. The summed E-state index contributed by atoms with van der Waals surface area (Å²) in [7, 11) is 1.54. The van der Waals surface area contributed by atoms with Gasteiger partial charge in [0.25, 0.3) is 0 Å². The number of methoxy groups -OCH3 is 1. The Kier molecular flexibility index (Phi) is 9.04. The molecule has 0 saturated heterocycles. The average Bonchev–Trinajstić information content (AvgIpc) is 2.68. The van der Waals surface area contributed by atoms with Crippen molar-refractivity contribution in [3.8, 4) is 6.07 Å². The molecule has 0 radical (unpaired) electrons. The molecule has 5 nitrogen and oxygen atoms in total. The van der Waals surface area contributed by atoms with Crippen LogP contribution in [0.3, 0.4) is 0 Å². The first-order valence-corrected chi connectivity index (χ1v) is 10.6. The van der Waals surface area contributed by atoms with Gasteiger partial charge >= 0.3 is 5.97 Å². The van der Waals surface area contributed by atoms with E-state index in [1.807, 2.05) is 18.2 Å². The van der Waals surface area contributed by atoms with E-state index in [-0.39, 0.29) is 6.61 Å². The summed E-state index contributed by atoms with van der Waals surface area (Å²) in [4.78, 5) is 17.4. The average molecular weight is 421 g/mol. The van der Waals surface area contributed by atoms with E-state index in [2.05, 4.69) is 18.0 Å². The molecule has 0 N–H and O–H groups in total. The van der Waals surface area contributed by atoms with Gasteiger partial charge in [0.1, 0.15) is 12.5 Å². The minimum absolute atomic E-state index is 0.139. The molecule has 2 rings (SSSR count). The second-order valence-electron chi connectivity index (χ2n) is 6.39. The predicted molar refractivity (Wildman–Crippen MR) is 114 cm³/mol. The Hall–Kier alpha value is -1.81. The topological polar surface area (TPSA) is 71.7 Å². The van der Waals surface area contributed by atoms with Crippen molar-refractivity contribution >= 4 is 34.4 Å². The number of esters is 1. The first kappa shape index (κ1) is 22.5. The minimum atomic E-state index is -0.588. The maximum atomic E-state index is 12.8. The third-order valence-electron chi connectivity index (χ3n) is 4.45. The molecule has 1 heterocycles. The van der Waals surface area contributed by atoms with Crippen molar-refractivity contribution < 1.29 is 14.3 Å². The number of hydrogen-bond acceptors (Lipinski definition) is 6. The maximum Gasteiger partial charge on any atom is 0.336 e. The van der Waals surface area contributed by atoms with Crippen LogP contribution < -0.4 is 0 Å². The van der Waals surface area contributed by atoms with Crippen LogP contribution in [-0.4, -0.2) is 37.1 Å². The summed E-state index contributed by atoms with van der Waals surface area (Å²) in [5, 5.41) is 11.2. The molecule has 0 bridgehead atoms. The van der Waals surface area contributed by atoms with Crippen molar-refractivity contribution in [3.63, 3.8) is 0 Å². The van der Waals surface area contributed by atoms with Gasteiger partial charge in [0.15, 0.2) is 0 Å². The number of hydrogen-bond donors (Lipinski definition) is 0. The molecule has 0 amide bonds. The SMILES string of the molecule is CCCCSC1=NC(C)=C(C(=O)OCCOC)[C@H](c2ccccc2Cl)C1C#N. The van der Waals surface area contributed by atoms with E-state index in [9.17, 15) is 10.1 Å². The molecule has 0 fully saturated rings. The zero-order valence-electron chi connectivity index (χ0n) is 16.4. The van der Waals surface area contributed by atoms with Crippen LogP contribution in [0.2, 0.25) is 5.02 Å². The molecule has 2 atom stereocenters. The Morgan fingerprint density at radius 1 is 1.36 bits per heavy atom. The quantitative estimate of drug-likeness (QED) is 0.438. The highest BCUT2D eigenvalue weighted by Crippen LogP contribution is 2.43. The first-order chi connectivity index (χ1) is 13.5. The van der Waals surface area contributed by atoms with Crippen LogP contribution in [-0.2, 0) is 14.3 Å². The molecular formula is C21H25ClN2O3S. The molecule has 0 spiro atoms. The zero-order chi connectivity index (χ0) is 20.5. The van der Waals surface area contributed by atoms with E-state index >= 15 is 0 Å². The van der Waals surface area contributed by atoms with Crippen LogP contribution in [0.1, 0.15) is 38.2 Å². The smallest absolute Gasteiger partial charge is 0.336 e. The number of nitrogens with zero attached hydrogens (tertiary/aromatic N) is 2. The molecule has 150 valence electrons. The van der Waals surface area contributed by atoms with Gasteiger partial charge in [-0.3, -0.25) is 0 Å². The molecule has 7 heteroatoms. The molecule has 0 aliphatic carbocycles. The van der Waals surface area contributed by atoms with E-state index < -0.39 is 17.8 Å². The van der Waals surface area contributed by atoms with E-state index in [4.69, 9.17) is 21.1 Å². The van der Waals surface area contributed by atoms with Crippen LogP contribution in [0, 0.1) is 17.2 Å². The Morgan fingerprint density at radius 2 is 2.11 bits per heavy atom. The monoisotopic (exact) mass is 420 g/mol. The summed E-state index contributed by atoms with van der Waals surface area (Å²) >= 11 is 8.02. The Labute approximate surface area is 175 Å². The van der Waals surface area contributed by atoms with Crippen LogP contribution in [0.15, 0.2) is 40.5 Å². The summed E-state index contributed by atoms with van der Waals surface area (Å²) < 4.78 is 10.3. The third-order valence-corrected chi connectivity index (χ3v) is 5.92. The van der Waals surface area contributed by atoms with Crippen LogP contribution >= 0.6 is 23.4 Å². The van der Waals surface area contributed by atoms with Gasteiger partial charge < -0.3 is 9.47 Å². The number of ether oxygens (including phenoxy) is 2. The lowest BCUT2D eigenvalue weighted by Crippen LogP contribution is -2.30. The van der Waals surface area contributed by atoms with Gasteiger partial charge in [-0.2, -0.15) is 5.26 Å². The number of halogens is 1. The molecule has 1 aromatic carbocycles. The van der Waals surface area contributed by atoms with E-state index in [1.54, 1.807) is 31.9 Å². The Morgan fingerprint density at radius 3 is 2.75 bits per heavy atom. The van der Waals surface area contributed by atoms with Crippen molar-refractivity contribution in [2.45, 2.75) is 32.6 Å². The highest BCUT2D eigenvalue weighted by Gasteiger charge is 2.40. The third kappa shape index (κ3) is 5.38. The van der Waals surface area contributed by atoms with E-state index in [0.717, 1.165) is 29.2 Å². The van der Waals surface area contributed by atoms with Crippen LogP contribution in [0.4, 0.5) is 0 Å². The number of carbonyl (C=O) groups is 1. The number of rotatable bonds is 8. The lowest BCUT2D eigenvalue weighted by atomic mass is 9.79. The van der Waals surface area contributed by atoms with Crippen LogP contribution in [0.25, 0.3) is 0 Å². The maximum absolute atomic E-state index is 12.8. The molecule has 1 aromatic rings. The van der Waals surface area contributed by atoms with Gasteiger partial charge in [0, 0.05) is 23.7 Å². The molecule has 0 aromatic heterocycles. The standard InChI is InChI=1S/C21H25ClN2O3S/c1-4-5-12-28-20-16(13-23)19(15-8-6-7-9-17(15)22)18(14(2)24-20)21(25)27-11-10-26-3/h6-9,16,19H,4-5,10-12H2,1-3H3/t16?,19-/m1/s1. The summed E-state index contributed by atoms with van der Waals surface area (Å²) in [6.45, 7) is 4.35. The minimum Gasteiger partial charge on any atom is -0.460 e. The summed E-state index contributed by atoms with van der Waals surface area (Å²) in [6, 6.07) is 9.66. The van der Waals surface area contributed by atoms with E-state index in [1.165, 1.54) is 0 Å². The van der Waals surface area contributed by atoms with Gasteiger partial charge in [0.2, 0.25) is 0 Å². The van der Waals surface area contributed by atoms with Gasteiger partial charge in [-0.1, -0.05) is 43.1 Å². The van der Waals surface area contributed by atoms with Crippen molar-refractivity contribution in [2.75, 3.05) is 26.1 Å². The molecule has 1 aliphatic heterocycles. The molecule has 1 unspecified atom stereocenters. The summed E-state index contributed by atoms with van der Waals surface area (Å²) in [5.74, 6) is -0.712. The van der Waals surface area contributed by atoms with Crippen molar-refractivity contribution in [1.29, 1.82) is 5.26 Å². The zero-order valence-corrected chi connectivity index (χ0v) is 18.0. The molecule has 0 saturated carbocycles. The number of allylic oxidation sites excluding steroid dienone is 1.